The Kier molecular flexibility index (Phi) is 3.47. The van der Waals surface area contributed by atoms with Crippen LogP contribution in [0.3, 0.4) is 0 Å². The molecular weight excluding hydrogens is 254 g/mol. The highest BCUT2D eigenvalue weighted by molar-refractivity contribution is 6.74. The lowest BCUT2D eigenvalue weighted by Crippen LogP contribution is -2.44. The predicted molar refractivity (Wildman–Crippen MR) is 79.8 cm³/mol. The van der Waals surface area contributed by atoms with Crippen molar-refractivity contribution in [2.24, 2.45) is 0 Å². The van der Waals surface area contributed by atoms with Gasteiger partial charge in [0.25, 0.3) is 0 Å². The van der Waals surface area contributed by atoms with Crippen LogP contribution < -0.4 is 9.74 Å². The van der Waals surface area contributed by atoms with Crippen LogP contribution in [0.5, 0.6) is 5.75 Å². The molecule has 0 spiro atoms. The van der Waals surface area contributed by atoms with E-state index >= 15 is 0 Å². The van der Waals surface area contributed by atoms with Crippen LogP contribution in [0, 0.1) is 0 Å². The van der Waals surface area contributed by atoms with Gasteiger partial charge in [-0.15, -0.1) is 0 Å². The number of nitrogens with one attached hydrogen (secondary N) is 1. The molecule has 1 saturated heterocycles. The molecule has 2 rings (SSSR count). The van der Waals surface area contributed by atoms with Crippen LogP contribution in [0.15, 0.2) is 24.3 Å². The third-order valence-corrected chi connectivity index (χ3v) is 8.54. The molecule has 4 heteroatoms. The van der Waals surface area contributed by atoms with E-state index in [0.29, 0.717) is 6.42 Å². The van der Waals surface area contributed by atoms with Gasteiger partial charge in [0.15, 0.2) is 0 Å². The van der Waals surface area contributed by atoms with E-state index in [2.05, 4.69) is 39.2 Å². The molecule has 0 aliphatic carbocycles. The molecule has 0 saturated carbocycles. The molecule has 1 fully saturated rings. The highest BCUT2D eigenvalue weighted by atomic mass is 28.4. The molecule has 0 bridgehead atoms. The fraction of sp³-hybridized carbons (Fsp3) is 0.533. The Hall–Kier alpha value is -1.29. The molecule has 1 aromatic carbocycles. The van der Waals surface area contributed by atoms with Crippen molar-refractivity contribution in [1.82, 2.24) is 5.32 Å². The number of hydrogen-bond acceptors (Lipinski definition) is 2. The molecule has 3 nitrogen and oxygen atoms in total. The van der Waals surface area contributed by atoms with Gasteiger partial charge in [-0.2, -0.15) is 0 Å². The highest BCUT2D eigenvalue weighted by Gasteiger charge is 2.39. The van der Waals surface area contributed by atoms with Gasteiger partial charge in [0.2, 0.25) is 14.2 Å². The Bertz CT molecular complexity index is 466. The van der Waals surface area contributed by atoms with Crippen molar-refractivity contribution in [3.8, 4) is 5.75 Å². The molecule has 104 valence electrons. The molecular formula is C15H23NO2Si. The Morgan fingerprint density at radius 1 is 1.21 bits per heavy atom. The van der Waals surface area contributed by atoms with Gasteiger partial charge in [-0.25, -0.2) is 0 Å². The zero-order chi connectivity index (χ0) is 14.3. The summed E-state index contributed by atoms with van der Waals surface area (Å²) in [5.41, 5.74) is 1.15. The third kappa shape index (κ3) is 3.00. The topological polar surface area (TPSA) is 38.3 Å². The summed E-state index contributed by atoms with van der Waals surface area (Å²) in [5.74, 6) is 1.06. The summed E-state index contributed by atoms with van der Waals surface area (Å²) in [6, 6.07) is 8.31. The summed E-state index contributed by atoms with van der Waals surface area (Å²) >= 11 is 0. The molecule has 0 radical (unpaired) electrons. The zero-order valence-corrected chi connectivity index (χ0v) is 13.4. The molecule has 1 amide bonds. The molecule has 1 N–H and O–H groups in total. The fourth-order valence-corrected chi connectivity index (χ4v) is 2.81. The quantitative estimate of drug-likeness (QED) is 0.677. The molecule has 1 aliphatic heterocycles. The first-order valence-corrected chi connectivity index (χ1v) is 9.68. The lowest BCUT2D eigenvalue weighted by molar-refractivity contribution is -0.128. The van der Waals surface area contributed by atoms with E-state index in [1.807, 2.05) is 24.3 Å². The van der Waals surface area contributed by atoms with E-state index in [1.165, 1.54) is 0 Å². The first kappa shape index (κ1) is 14.1. The molecule has 19 heavy (non-hydrogen) atoms. The van der Waals surface area contributed by atoms with Gasteiger partial charge in [0, 0.05) is 0 Å². The van der Waals surface area contributed by atoms with E-state index in [4.69, 9.17) is 4.43 Å². The van der Waals surface area contributed by atoms with Crippen molar-refractivity contribution in [2.75, 3.05) is 0 Å². The highest BCUT2D eigenvalue weighted by Crippen LogP contribution is 2.37. The molecule has 1 heterocycles. The minimum atomic E-state index is -1.77. The number of benzene rings is 1. The second-order valence-electron chi connectivity index (χ2n) is 6.76. The predicted octanol–water partition coefficient (Wildman–Crippen LogP) is 3.63. The summed E-state index contributed by atoms with van der Waals surface area (Å²) < 4.78 is 6.23. The maximum Gasteiger partial charge on any atom is 0.250 e. The minimum absolute atomic E-state index is 0.131. The van der Waals surface area contributed by atoms with Gasteiger partial charge in [0.1, 0.15) is 5.75 Å². The SMILES string of the molecule is CC(C)(C)[Si](C)(C)Oc1ccc(C2CC(=O)N2)cc1. The summed E-state index contributed by atoms with van der Waals surface area (Å²) in [4.78, 5) is 10.9. The maximum absolute atomic E-state index is 10.9. The first-order chi connectivity index (χ1) is 8.69. The minimum Gasteiger partial charge on any atom is -0.544 e. The summed E-state index contributed by atoms with van der Waals surface area (Å²) in [6.07, 6.45) is 0.600. The van der Waals surface area contributed by atoms with Gasteiger partial charge in [0.05, 0.1) is 12.5 Å². The summed E-state index contributed by atoms with van der Waals surface area (Å²) in [7, 11) is -1.77. The van der Waals surface area contributed by atoms with Crippen molar-refractivity contribution in [1.29, 1.82) is 0 Å². The number of carbonyl (C=O) groups excluding carboxylic acids is 1. The first-order valence-electron chi connectivity index (χ1n) is 6.77. The van der Waals surface area contributed by atoms with Crippen LogP contribution in [0.1, 0.15) is 38.8 Å². The number of hydrogen-bond donors (Lipinski definition) is 1. The maximum atomic E-state index is 10.9. The van der Waals surface area contributed by atoms with Gasteiger partial charge < -0.3 is 9.74 Å². The van der Waals surface area contributed by atoms with E-state index in [9.17, 15) is 4.79 Å². The molecule has 1 atom stereocenters. The van der Waals surface area contributed by atoms with Crippen molar-refractivity contribution in [3.63, 3.8) is 0 Å². The average Bonchev–Trinajstić information content (AvgIpc) is 2.24. The van der Waals surface area contributed by atoms with E-state index < -0.39 is 8.32 Å². The van der Waals surface area contributed by atoms with Gasteiger partial charge >= 0.3 is 0 Å². The summed E-state index contributed by atoms with van der Waals surface area (Å²) in [5, 5.41) is 3.08. The van der Waals surface area contributed by atoms with Crippen LogP contribution in [-0.4, -0.2) is 14.2 Å². The van der Waals surface area contributed by atoms with Crippen molar-refractivity contribution in [3.05, 3.63) is 29.8 Å². The summed E-state index contributed by atoms with van der Waals surface area (Å²) in [6.45, 7) is 11.2. The molecule has 1 unspecified atom stereocenters. The van der Waals surface area contributed by atoms with Crippen LogP contribution in [-0.2, 0) is 4.79 Å². The second kappa shape index (κ2) is 4.67. The van der Waals surface area contributed by atoms with E-state index in [0.717, 1.165) is 11.3 Å². The lowest BCUT2D eigenvalue weighted by Gasteiger charge is -2.36. The van der Waals surface area contributed by atoms with Crippen LogP contribution in [0.4, 0.5) is 0 Å². The van der Waals surface area contributed by atoms with Crippen LogP contribution in [0.2, 0.25) is 18.1 Å². The van der Waals surface area contributed by atoms with Crippen molar-refractivity contribution in [2.45, 2.75) is 51.4 Å². The standard InChI is InChI=1S/C15H23NO2Si/c1-15(2,3)19(4,5)18-12-8-6-11(7-9-12)13-10-14(17)16-13/h6-9,13H,10H2,1-5H3,(H,16,17). The van der Waals surface area contributed by atoms with E-state index in [-0.39, 0.29) is 17.0 Å². The van der Waals surface area contributed by atoms with Crippen molar-refractivity contribution >= 4 is 14.2 Å². The number of rotatable bonds is 3. The number of β-lactam (4-membered cyclic amide) rings is 1. The molecule has 1 aliphatic rings. The van der Waals surface area contributed by atoms with Crippen LogP contribution in [0.25, 0.3) is 0 Å². The Morgan fingerprint density at radius 2 is 1.74 bits per heavy atom. The Labute approximate surface area is 116 Å². The zero-order valence-electron chi connectivity index (χ0n) is 12.4. The Morgan fingerprint density at radius 3 is 2.16 bits per heavy atom. The van der Waals surface area contributed by atoms with Crippen molar-refractivity contribution < 1.29 is 9.22 Å². The average molecular weight is 277 g/mol. The number of carbonyl (C=O) groups is 1. The fourth-order valence-electron chi connectivity index (χ4n) is 1.78. The Balaban J connectivity index is 2.05. The molecule has 0 aromatic heterocycles. The second-order valence-corrected chi connectivity index (χ2v) is 11.5. The number of amides is 1. The van der Waals surface area contributed by atoms with Gasteiger partial charge in [-0.1, -0.05) is 32.9 Å². The lowest BCUT2D eigenvalue weighted by atomic mass is 9.97. The normalized spacial score (nSPS) is 19.6. The smallest absolute Gasteiger partial charge is 0.250 e. The van der Waals surface area contributed by atoms with Gasteiger partial charge in [-0.3, -0.25) is 4.79 Å². The third-order valence-electron chi connectivity index (χ3n) is 4.19. The van der Waals surface area contributed by atoms with Gasteiger partial charge in [-0.05, 0) is 35.8 Å². The molecule has 1 aromatic rings. The largest absolute Gasteiger partial charge is 0.544 e. The van der Waals surface area contributed by atoms with E-state index in [1.54, 1.807) is 0 Å². The van der Waals surface area contributed by atoms with Crippen LogP contribution >= 0.6 is 0 Å². The monoisotopic (exact) mass is 277 g/mol.